The molecule has 3 heterocycles. The fourth-order valence-corrected chi connectivity index (χ4v) is 6.46. The summed E-state index contributed by atoms with van der Waals surface area (Å²) in [5, 5.41) is 6.95. The molecule has 1 aromatic carbocycles. The summed E-state index contributed by atoms with van der Waals surface area (Å²) in [7, 11) is 0. The number of nitrogens with two attached hydrogens (primary N) is 1. The van der Waals surface area contributed by atoms with E-state index in [-0.39, 0.29) is 11.4 Å². The molecule has 38 heavy (non-hydrogen) atoms. The second kappa shape index (κ2) is 12.5. The summed E-state index contributed by atoms with van der Waals surface area (Å²) < 4.78 is 5.35. The lowest BCUT2D eigenvalue weighted by Gasteiger charge is -2.38. The summed E-state index contributed by atoms with van der Waals surface area (Å²) >= 11 is 1.64. The minimum absolute atomic E-state index is 0.103. The Morgan fingerprint density at radius 1 is 1.05 bits per heavy atom. The van der Waals surface area contributed by atoms with E-state index in [0.29, 0.717) is 5.69 Å². The van der Waals surface area contributed by atoms with Crippen molar-refractivity contribution in [1.82, 2.24) is 9.88 Å². The van der Waals surface area contributed by atoms with Gasteiger partial charge in [-0.05, 0) is 66.1 Å². The van der Waals surface area contributed by atoms with E-state index in [0.717, 1.165) is 54.5 Å². The van der Waals surface area contributed by atoms with E-state index in [1.807, 2.05) is 11.4 Å². The van der Waals surface area contributed by atoms with Gasteiger partial charge in [-0.15, -0.1) is 0 Å². The van der Waals surface area contributed by atoms with Crippen molar-refractivity contribution >= 4 is 22.9 Å². The number of nitrogens with zero attached hydrogens (tertiary/aromatic N) is 2. The molecule has 2 aliphatic carbocycles. The van der Waals surface area contributed by atoms with Gasteiger partial charge in [-0.1, -0.05) is 43.5 Å². The number of hydrogen-bond acceptors (Lipinski definition) is 6. The highest BCUT2D eigenvalue weighted by Crippen LogP contribution is 2.40. The predicted octanol–water partition coefficient (Wildman–Crippen LogP) is 6.42. The highest BCUT2D eigenvalue weighted by molar-refractivity contribution is 7.08. The number of hydrogen-bond donors (Lipinski definition) is 2. The van der Waals surface area contributed by atoms with E-state index >= 15 is 0 Å². The van der Waals surface area contributed by atoms with Crippen molar-refractivity contribution in [3.05, 3.63) is 58.9 Å². The number of ether oxygens (including phenoxy) is 1. The van der Waals surface area contributed by atoms with Gasteiger partial charge >= 0.3 is 0 Å². The molecule has 0 atom stereocenters. The molecule has 7 heteroatoms. The summed E-state index contributed by atoms with van der Waals surface area (Å²) in [5.41, 5.74) is 12.2. The molecule has 1 saturated heterocycles. The third-order valence-electron chi connectivity index (χ3n) is 8.16. The molecule has 1 amide bonds. The quantitative estimate of drug-likeness (QED) is 0.396. The van der Waals surface area contributed by atoms with Crippen LogP contribution in [0.25, 0.3) is 22.4 Å². The molecular weight excluding hydrogens is 492 g/mol. The van der Waals surface area contributed by atoms with Crippen LogP contribution in [0.4, 0.5) is 5.69 Å². The van der Waals surface area contributed by atoms with Crippen molar-refractivity contribution in [2.24, 2.45) is 5.73 Å². The predicted molar refractivity (Wildman–Crippen MR) is 156 cm³/mol. The van der Waals surface area contributed by atoms with Gasteiger partial charge < -0.3 is 15.8 Å². The standard InChI is InChI=1S/C21H21N3OS.C10H19NO/c1-14(25)24-18-11-19(16-7-10-26-13-16)20(23-12-18)15-3-5-17(6-4-15)21(22)8-2-9-21;1-2-4-10(5-3-1)11-6-8-12-9-7-11/h3-7,10-13H,2,8-9,22H2,1H3,(H,24,25);10H,1-9H2. The summed E-state index contributed by atoms with van der Waals surface area (Å²) in [6.45, 7) is 5.75. The Balaban J connectivity index is 0.000000204. The van der Waals surface area contributed by atoms with Gasteiger partial charge in [0, 0.05) is 42.7 Å². The number of aromatic nitrogens is 1. The number of amides is 1. The van der Waals surface area contributed by atoms with Crippen molar-refractivity contribution in [2.45, 2.75) is 69.9 Å². The topological polar surface area (TPSA) is 80.5 Å². The van der Waals surface area contributed by atoms with Crippen molar-refractivity contribution in [1.29, 1.82) is 0 Å². The van der Waals surface area contributed by atoms with Crippen molar-refractivity contribution in [2.75, 3.05) is 31.6 Å². The van der Waals surface area contributed by atoms with Gasteiger partial charge in [-0.2, -0.15) is 11.3 Å². The van der Waals surface area contributed by atoms with Crippen LogP contribution in [0, 0.1) is 0 Å². The number of benzene rings is 1. The van der Waals surface area contributed by atoms with E-state index < -0.39 is 0 Å². The van der Waals surface area contributed by atoms with Crippen LogP contribution in [-0.2, 0) is 15.1 Å². The summed E-state index contributed by atoms with van der Waals surface area (Å²) in [4.78, 5) is 18.7. The number of thiophene rings is 1. The molecule has 0 radical (unpaired) electrons. The van der Waals surface area contributed by atoms with Crippen LogP contribution in [0.2, 0.25) is 0 Å². The average Bonchev–Trinajstić information content (AvgIpc) is 3.48. The Morgan fingerprint density at radius 2 is 1.79 bits per heavy atom. The smallest absolute Gasteiger partial charge is 0.221 e. The van der Waals surface area contributed by atoms with Gasteiger partial charge in [0.1, 0.15) is 0 Å². The van der Waals surface area contributed by atoms with Gasteiger partial charge in [-0.25, -0.2) is 0 Å². The zero-order valence-corrected chi connectivity index (χ0v) is 23.3. The van der Waals surface area contributed by atoms with E-state index in [9.17, 15) is 4.79 Å². The van der Waals surface area contributed by atoms with Gasteiger partial charge in [0.15, 0.2) is 0 Å². The SMILES string of the molecule is C1CCC(N2CCOCC2)CC1.CC(=O)Nc1cnc(-c2ccc(C3(N)CCC3)cc2)c(-c2ccsc2)c1. The molecule has 3 aliphatic rings. The molecule has 3 aromatic rings. The molecule has 2 saturated carbocycles. The fourth-order valence-electron chi connectivity index (χ4n) is 5.80. The van der Waals surface area contributed by atoms with Crippen LogP contribution in [0.5, 0.6) is 0 Å². The van der Waals surface area contributed by atoms with E-state index in [1.54, 1.807) is 17.5 Å². The summed E-state index contributed by atoms with van der Waals surface area (Å²) in [6, 6.07) is 13.4. The molecule has 3 N–H and O–H groups in total. The summed E-state index contributed by atoms with van der Waals surface area (Å²) in [5.74, 6) is -0.103. The lowest BCUT2D eigenvalue weighted by Crippen LogP contribution is -2.44. The number of nitrogens with one attached hydrogen (secondary N) is 1. The van der Waals surface area contributed by atoms with Crippen molar-refractivity contribution in [3.8, 4) is 22.4 Å². The second-order valence-electron chi connectivity index (χ2n) is 10.8. The number of morpholine rings is 1. The molecule has 3 fully saturated rings. The maximum absolute atomic E-state index is 11.4. The Kier molecular flexibility index (Phi) is 8.89. The Hall–Kier alpha value is -2.58. The minimum Gasteiger partial charge on any atom is -0.379 e. The van der Waals surface area contributed by atoms with Crippen LogP contribution in [-0.4, -0.2) is 48.1 Å². The molecule has 202 valence electrons. The number of anilines is 1. The Morgan fingerprint density at radius 3 is 2.39 bits per heavy atom. The normalized spacial score (nSPS) is 19.6. The van der Waals surface area contributed by atoms with Gasteiger partial charge in [0.2, 0.25) is 5.91 Å². The summed E-state index contributed by atoms with van der Waals surface area (Å²) in [6.07, 6.45) is 12.2. The molecule has 1 aliphatic heterocycles. The van der Waals surface area contributed by atoms with E-state index in [1.165, 1.54) is 64.1 Å². The van der Waals surface area contributed by atoms with Crippen LogP contribution in [0.3, 0.4) is 0 Å². The van der Waals surface area contributed by atoms with Crippen LogP contribution < -0.4 is 11.1 Å². The van der Waals surface area contributed by atoms with E-state index in [4.69, 9.17) is 10.5 Å². The Bertz CT molecular complexity index is 1160. The zero-order valence-electron chi connectivity index (χ0n) is 22.5. The molecule has 0 spiro atoms. The maximum atomic E-state index is 11.4. The van der Waals surface area contributed by atoms with Gasteiger partial charge in [0.05, 0.1) is 30.8 Å². The molecule has 0 bridgehead atoms. The highest BCUT2D eigenvalue weighted by Gasteiger charge is 2.34. The minimum atomic E-state index is -0.155. The highest BCUT2D eigenvalue weighted by atomic mass is 32.1. The first-order valence-electron chi connectivity index (χ1n) is 14.0. The third kappa shape index (κ3) is 6.52. The monoisotopic (exact) mass is 532 g/mol. The van der Waals surface area contributed by atoms with Crippen LogP contribution >= 0.6 is 11.3 Å². The van der Waals surface area contributed by atoms with Crippen LogP contribution in [0.15, 0.2) is 53.4 Å². The lowest BCUT2D eigenvalue weighted by atomic mass is 9.72. The number of rotatable bonds is 5. The first-order chi connectivity index (χ1) is 18.5. The molecular formula is C31H40N4O2S. The number of carbonyl (C=O) groups excluding carboxylic acids is 1. The maximum Gasteiger partial charge on any atom is 0.221 e. The Labute approximate surface area is 230 Å². The zero-order chi connectivity index (χ0) is 26.4. The number of pyridine rings is 1. The van der Waals surface area contributed by atoms with Crippen LogP contribution in [0.1, 0.15) is 63.9 Å². The molecule has 6 rings (SSSR count). The van der Waals surface area contributed by atoms with Crippen molar-refractivity contribution < 1.29 is 9.53 Å². The second-order valence-corrected chi connectivity index (χ2v) is 11.6. The molecule has 0 unspecified atom stereocenters. The van der Waals surface area contributed by atoms with E-state index in [2.05, 4.69) is 50.9 Å². The van der Waals surface area contributed by atoms with Gasteiger partial charge in [-0.3, -0.25) is 14.7 Å². The number of carbonyl (C=O) groups is 1. The molecule has 2 aromatic heterocycles. The van der Waals surface area contributed by atoms with Crippen molar-refractivity contribution in [3.63, 3.8) is 0 Å². The lowest BCUT2D eigenvalue weighted by molar-refractivity contribution is -0.114. The first kappa shape index (κ1) is 27.0. The molecule has 6 nitrogen and oxygen atoms in total. The fraction of sp³-hybridized carbons (Fsp3) is 0.484. The first-order valence-corrected chi connectivity index (χ1v) is 15.0. The average molecular weight is 533 g/mol. The largest absolute Gasteiger partial charge is 0.379 e. The third-order valence-corrected chi connectivity index (χ3v) is 8.84. The van der Waals surface area contributed by atoms with Gasteiger partial charge in [0.25, 0.3) is 0 Å².